The number of nitrogens with zero attached hydrogens (tertiary/aromatic N) is 2. The summed E-state index contributed by atoms with van der Waals surface area (Å²) in [4.78, 5) is 0. The monoisotopic (exact) mass is 183 g/mol. The lowest BCUT2D eigenvalue weighted by Gasteiger charge is -2.08. The van der Waals surface area contributed by atoms with Crippen molar-refractivity contribution in [2.75, 3.05) is 6.54 Å². The van der Waals surface area contributed by atoms with Gasteiger partial charge in [0.2, 0.25) is 0 Å². The number of aliphatic hydroxyl groups is 1. The van der Waals surface area contributed by atoms with Crippen molar-refractivity contribution < 1.29 is 5.11 Å². The van der Waals surface area contributed by atoms with E-state index in [1.807, 2.05) is 24.6 Å². The Kier molecular flexibility index (Phi) is 3.45. The average molecular weight is 183 g/mol. The van der Waals surface area contributed by atoms with Gasteiger partial charge in [-0.05, 0) is 19.9 Å². The molecule has 0 spiro atoms. The Balaban J connectivity index is 2.74. The molecule has 0 aromatic carbocycles. The molecule has 0 aliphatic carbocycles. The van der Waals surface area contributed by atoms with Crippen LogP contribution < -0.4 is 5.73 Å². The quantitative estimate of drug-likeness (QED) is 0.694. The first-order valence-corrected chi connectivity index (χ1v) is 4.58. The van der Waals surface area contributed by atoms with Crippen molar-refractivity contribution in [2.24, 2.45) is 5.73 Å². The van der Waals surface area contributed by atoms with E-state index >= 15 is 0 Å². The number of hydrogen-bond acceptors (Lipinski definition) is 3. The van der Waals surface area contributed by atoms with Crippen molar-refractivity contribution in [2.45, 2.75) is 32.9 Å². The Morgan fingerprint density at radius 3 is 2.92 bits per heavy atom. The largest absolute Gasteiger partial charge is 0.391 e. The van der Waals surface area contributed by atoms with Crippen LogP contribution in [-0.4, -0.2) is 27.5 Å². The van der Waals surface area contributed by atoms with Crippen molar-refractivity contribution >= 4 is 0 Å². The zero-order chi connectivity index (χ0) is 9.84. The maximum absolute atomic E-state index is 9.37. The lowest BCUT2D eigenvalue weighted by Crippen LogP contribution is -2.23. The number of aryl methyl sites for hydroxylation is 2. The molecule has 0 aliphatic rings. The molecule has 3 N–H and O–H groups in total. The van der Waals surface area contributed by atoms with Crippen molar-refractivity contribution in [1.29, 1.82) is 0 Å². The Morgan fingerprint density at radius 1 is 1.69 bits per heavy atom. The minimum atomic E-state index is -0.457. The predicted molar refractivity (Wildman–Crippen MR) is 51.4 cm³/mol. The van der Waals surface area contributed by atoms with Crippen LogP contribution in [0.15, 0.2) is 6.07 Å². The summed E-state index contributed by atoms with van der Waals surface area (Å²) in [5.41, 5.74) is 7.38. The molecule has 0 fully saturated rings. The van der Waals surface area contributed by atoms with Gasteiger partial charge in [0.05, 0.1) is 11.8 Å². The van der Waals surface area contributed by atoms with Gasteiger partial charge in [0, 0.05) is 25.2 Å². The maximum Gasteiger partial charge on any atom is 0.0717 e. The van der Waals surface area contributed by atoms with Crippen LogP contribution >= 0.6 is 0 Å². The molecule has 74 valence electrons. The standard InChI is InChI=1S/C9H17N3O/c1-3-12-8(4-7(2)11-12)5-9(13)6-10/h4,9,13H,3,5-6,10H2,1-2H3. The normalized spacial score (nSPS) is 13.2. The summed E-state index contributed by atoms with van der Waals surface area (Å²) in [6, 6.07) is 1.99. The van der Waals surface area contributed by atoms with Gasteiger partial charge in [0.25, 0.3) is 0 Å². The van der Waals surface area contributed by atoms with Gasteiger partial charge in [-0.1, -0.05) is 0 Å². The molecular weight excluding hydrogens is 166 g/mol. The van der Waals surface area contributed by atoms with E-state index in [2.05, 4.69) is 5.10 Å². The molecule has 0 aliphatic heterocycles. The van der Waals surface area contributed by atoms with Gasteiger partial charge in [-0.25, -0.2) is 0 Å². The molecule has 4 nitrogen and oxygen atoms in total. The van der Waals surface area contributed by atoms with Crippen LogP contribution in [0.5, 0.6) is 0 Å². The molecule has 1 aromatic heterocycles. The molecule has 1 aromatic rings. The summed E-state index contributed by atoms with van der Waals surface area (Å²) in [7, 11) is 0. The number of rotatable bonds is 4. The highest BCUT2D eigenvalue weighted by Crippen LogP contribution is 2.06. The van der Waals surface area contributed by atoms with Gasteiger partial charge in [-0.3, -0.25) is 4.68 Å². The number of aromatic nitrogens is 2. The van der Waals surface area contributed by atoms with E-state index in [0.29, 0.717) is 13.0 Å². The highest BCUT2D eigenvalue weighted by Gasteiger charge is 2.08. The first kappa shape index (κ1) is 10.2. The molecular formula is C9H17N3O. The van der Waals surface area contributed by atoms with Crippen molar-refractivity contribution in [3.05, 3.63) is 17.5 Å². The molecule has 0 radical (unpaired) electrons. The highest BCUT2D eigenvalue weighted by atomic mass is 16.3. The van der Waals surface area contributed by atoms with Gasteiger partial charge in [-0.15, -0.1) is 0 Å². The van der Waals surface area contributed by atoms with E-state index in [-0.39, 0.29) is 0 Å². The van der Waals surface area contributed by atoms with Gasteiger partial charge < -0.3 is 10.8 Å². The van der Waals surface area contributed by atoms with E-state index < -0.39 is 6.10 Å². The van der Waals surface area contributed by atoms with Gasteiger partial charge in [0.1, 0.15) is 0 Å². The van der Waals surface area contributed by atoms with Crippen LogP contribution in [0, 0.1) is 6.92 Å². The number of aliphatic hydroxyl groups excluding tert-OH is 1. The van der Waals surface area contributed by atoms with Crippen LogP contribution in [-0.2, 0) is 13.0 Å². The Morgan fingerprint density at radius 2 is 2.38 bits per heavy atom. The first-order valence-electron chi connectivity index (χ1n) is 4.58. The second-order valence-corrected chi connectivity index (χ2v) is 3.19. The van der Waals surface area contributed by atoms with E-state index in [0.717, 1.165) is 17.9 Å². The molecule has 0 bridgehead atoms. The summed E-state index contributed by atoms with van der Waals surface area (Å²) >= 11 is 0. The SMILES string of the molecule is CCn1nc(C)cc1CC(O)CN. The summed E-state index contributed by atoms with van der Waals surface area (Å²) in [5, 5.41) is 13.7. The molecule has 1 heterocycles. The molecule has 1 unspecified atom stereocenters. The highest BCUT2D eigenvalue weighted by molar-refractivity contribution is 5.09. The summed E-state index contributed by atoms with van der Waals surface area (Å²) in [5.74, 6) is 0. The Hall–Kier alpha value is -0.870. The summed E-state index contributed by atoms with van der Waals surface area (Å²) in [6.07, 6.45) is 0.131. The maximum atomic E-state index is 9.37. The Bertz CT molecular complexity index is 270. The topological polar surface area (TPSA) is 64.1 Å². The molecule has 0 saturated heterocycles. The molecule has 1 atom stereocenters. The van der Waals surface area contributed by atoms with Crippen LogP contribution in [0.2, 0.25) is 0 Å². The van der Waals surface area contributed by atoms with E-state index in [1.165, 1.54) is 0 Å². The number of hydrogen-bond donors (Lipinski definition) is 2. The fraction of sp³-hybridized carbons (Fsp3) is 0.667. The molecule has 0 saturated carbocycles. The predicted octanol–water partition coefficient (Wildman–Crippen LogP) is 0.0735. The Labute approximate surface area is 78.4 Å². The van der Waals surface area contributed by atoms with Crippen molar-refractivity contribution in [3.8, 4) is 0 Å². The number of nitrogens with two attached hydrogens (primary N) is 1. The molecule has 1 rings (SSSR count). The second-order valence-electron chi connectivity index (χ2n) is 3.19. The summed E-state index contributed by atoms with van der Waals surface area (Å²) < 4.78 is 1.90. The van der Waals surface area contributed by atoms with E-state index in [9.17, 15) is 5.11 Å². The van der Waals surface area contributed by atoms with Crippen molar-refractivity contribution in [3.63, 3.8) is 0 Å². The fourth-order valence-electron chi connectivity index (χ4n) is 1.36. The third kappa shape index (κ3) is 2.54. The zero-order valence-electron chi connectivity index (χ0n) is 8.20. The fourth-order valence-corrected chi connectivity index (χ4v) is 1.36. The van der Waals surface area contributed by atoms with Gasteiger partial charge in [0.15, 0.2) is 0 Å². The van der Waals surface area contributed by atoms with Crippen LogP contribution in [0.4, 0.5) is 0 Å². The van der Waals surface area contributed by atoms with E-state index in [4.69, 9.17) is 5.73 Å². The van der Waals surface area contributed by atoms with Crippen LogP contribution in [0.25, 0.3) is 0 Å². The first-order chi connectivity index (χ1) is 6.17. The lowest BCUT2D eigenvalue weighted by molar-refractivity contribution is 0.180. The second kappa shape index (κ2) is 4.39. The van der Waals surface area contributed by atoms with Gasteiger partial charge >= 0.3 is 0 Å². The van der Waals surface area contributed by atoms with Crippen molar-refractivity contribution in [1.82, 2.24) is 9.78 Å². The van der Waals surface area contributed by atoms with Gasteiger partial charge in [-0.2, -0.15) is 5.10 Å². The average Bonchev–Trinajstić information content (AvgIpc) is 2.46. The lowest BCUT2D eigenvalue weighted by atomic mass is 10.2. The smallest absolute Gasteiger partial charge is 0.0717 e. The molecule has 0 amide bonds. The molecule has 13 heavy (non-hydrogen) atoms. The third-order valence-electron chi connectivity index (χ3n) is 2.00. The summed E-state index contributed by atoms with van der Waals surface area (Å²) in [6.45, 7) is 5.11. The zero-order valence-corrected chi connectivity index (χ0v) is 8.20. The van der Waals surface area contributed by atoms with Crippen LogP contribution in [0.1, 0.15) is 18.3 Å². The minimum absolute atomic E-state index is 0.300. The molecule has 4 heteroatoms. The minimum Gasteiger partial charge on any atom is -0.391 e. The van der Waals surface area contributed by atoms with Crippen LogP contribution in [0.3, 0.4) is 0 Å². The van der Waals surface area contributed by atoms with E-state index in [1.54, 1.807) is 0 Å². The third-order valence-corrected chi connectivity index (χ3v) is 2.00.